The normalized spacial score (nSPS) is 18.6. The first kappa shape index (κ1) is 13.7. The predicted octanol–water partition coefficient (Wildman–Crippen LogP) is 1.84. The quantitative estimate of drug-likeness (QED) is 0.826. The Morgan fingerprint density at radius 3 is 2.65 bits per heavy atom. The first-order valence-corrected chi connectivity index (χ1v) is 5.92. The minimum atomic E-state index is -0.713. The molecule has 2 rings (SSSR count). The molecule has 1 aromatic heterocycles. The number of allylic oxidation sites excluding steroid dienone is 2. The molecule has 6 nitrogen and oxygen atoms in total. The third-order valence-corrected chi connectivity index (χ3v) is 3.06. The second kappa shape index (κ2) is 5.13. The summed E-state index contributed by atoms with van der Waals surface area (Å²) in [5, 5.41) is 9.27. The summed E-state index contributed by atoms with van der Waals surface area (Å²) in [6.07, 6.45) is 0. The van der Waals surface area contributed by atoms with E-state index in [0.29, 0.717) is 17.3 Å². The zero-order valence-corrected chi connectivity index (χ0v) is 11.4. The lowest BCUT2D eigenvalue weighted by molar-refractivity contribution is -0.136. The van der Waals surface area contributed by atoms with Gasteiger partial charge in [-0.25, -0.2) is 4.79 Å². The number of ether oxygens (including phenoxy) is 2. The van der Waals surface area contributed by atoms with Crippen molar-refractivity contribution >= 4 is 5.97 Å². The second-order valence-corrected chi connectivity index (χ2v) is 4.33. The topological polar surface area (TPSA) is 98.5 Å². The van der Waals surface area contributed by atoms with E-state index in [-0.39, 0.29) is 17.0 Å². The molecule has 104 valence electrons. The number of methoxy groups -OCH3 is 1. The third kappa shape index (κ3) is 2.14. The van der Waals surface area contributed by atoms with Crippen molar-refractivity contribution in [3.8, 4) is 6.07 Å². The number of nitrogens with two attached hydrogens (primary N) is 1. The monoisotopic (exact) mass is 274 g/mol. The van der Waals surface area contributed by atoms with E-state index in [4.69, 9.17) is 19.6 Å². The fourth-order valence-corrected chi connectivity index (χ4v) is 2.15. The molecule has 6 heteroatoms. The molecule has 0 saturated carbocycles. The number of esters is 1. The van der Waals surface area contributed by atoms with Crippen molar-refractivity contribution in [2.45, 2.75) is 19.8 Å². The van der Waals surface area contributed by atoms with Gasteiger partial charge in [0.1, 0.15) is 28.9 Å². The van der Waals surface area contributed by atoms with Gasteiger partial charge in [-0.15, -0.1) is 0 Å². The number of carbonyl (C=O) groups excluding carboxylic acids is 1. The van der Waals surface area contributed by atoms with Crippen LogP contribution in [0.15, 0.2) is 39.3 Å². The molecule has 1 atom stereocenters. The van der Waals surface area contributed by atoms with E-state index in [9.17, 15) is 10.1 Å². The van der Waals surface area contributed by atoms with Crippen LogP contribution in [0.3, 0.4) is 0 Å². The highest BCUT2D eigenvalue weighted by atomic mass is 16.5. The van der Waals surface area contributed by atoms with Crippen molar-refractivity contribution in [1.29, 1.82) is 5.26 Å². The first-order chi connectivity index (χ1) is 9.49. The summed E-state index contributed by atoms with van der Waals surface area (Å²) in [7, 11) is 1.26. The average molecular weight is 274 g/mol. The van der Waals surface area contributed by atoms with Gasteiger partial charge in [0.15, 0.2) is 0 Å². The Morgan fingerprint density at radius 1 is 1.45 bits per heavy atom. The Balaban J connectivity index is 2.62. The maximum Gasteiger partial charge on any atom is 0.338 e. The van der Waals surface area contributed by atoms with E-state index in [1.54, 1.807) is 26.0 Å². The van der Waals surface area contributed by atoms with Crippen molar-refractivity contribution in [3.63, 3.8) is 0 Å². The van der Waals surface area contributed by atoms with Crippen molar-refractivity contribution in [2.75, 3.05) is 7.11 Å². The summed E-state index contributed by atoms with van der Waals surface area (Å²) in [6, 6.07) is 5.42. The summed E-state index contributed by atoms with van der Waals surface area (Å²) >= 11 is 0. The molecule has 0 radical (unpaired) electrons. The molecule has 2 N–H and O–H groups in total. The fraction of sp³-hybridized carbons (Fsp3) is 0.286. The Kier molecular flexibility index (Phi) is 3.53. The number of aryl methyl sites for hydroxylation is 1. The summed E-state index contributed by atoms with van der Waals surface area (Å²) in [6.45, 7) is 3.37. The number of furan rings is 1. The van der Waals surface area contributed by atoms with Crippen LogP contribution in [0.2, 0.25) is 0 Å². The van der Waals surface area contributed by atoms with E-state index < -0.39 is 11.9 Å². The molecule has 1 aliphatic rings. The molecule has 2 heterocycles. The molecule has 20 heavy (non-hydrogen) atoms. The van der Waals surface area contributed by atoms with E-state index in [1.165, 1.54) is 7.11 Å². The van der Waals surface area contributed by atoms with Crippen LogP contribution >= 0.6 is 0 Å². The van der Waals surface area contributed by atoms with Gasteiger partial charge in [-0.05, 0) is 26.0 Å². The molecular formula is C14H14N2O4. The molecule has 0 aromatic carbocycles. The van der Waals surface area contributed by atoms with Gasteiger partial charge in [-0.2, -0.15) is 5.26 Å². The Labute approximate surface area is 116 Å². The van der Waals surface area contributed by atoms with Crippen LogP contribution < -0.4 is 5.73 Å². The van der Waals surface area contributed by atoms with Crippen molar-refractivity contribution in [2.24, 2.45) is 5.73 Å². The molecule has 0 spiro atoms. The van der Waals surface area contributed by atoms with Gasteiger partial charge in [-0.3, -0.25) is 0 Å². The predicted molar refractivity (Wildman–Crippen MR) is 68.8 cm³/mol. The van der Waals surface area contributed by atoms with Gasteiger partial charge in [0, 0.05) is 0 Å². The zero-order chi connectivity index (χ0) is 14.9. The van der Waals surface area contributed by atoms with Crippen LogP contribution in [0.25, 0.3) is 0 Å². The molecule has 1 aromatic rings. The van der Waals surface area contributed by atoms with E-state index in [0.717, 1.165) is 0 Å². The number of nitriles is 1. The van der Waals surface area contributed by atoms with Crippen molar-refractivity contribution in [1.82, 2.24) is 0 Å². The number of nitrogens with zero attached hydrogens (tertiary/aromatic N) is 1. The molecular weight excluding hydrogens is 260 g/mol. The number of hydrogen-bond acceptors (Lipinski definition) is 6. The van der Waals surface area contributed by atoms with Crippen LogP contribution in [0.4, 0.5) is 0 Å². The van der Waals surface area contributed by atoms with Crippen LogP contribution in [-0.4, -0.2) is 13.1 Å². The lowest BCUT2D eigenvalue weighted by Crippen LogP contribution is -2.24. The van der Waals surface area contributed by atoms with Gasteiger partial charge >= 0.3 is 5.97 Å². The fourth-order valence-electron chi connectivity index (χ4n) is 2.15. The van der Waals surface area contributed by atoms with Crippen LogP contribution in [-0.2, 0) is 14.3 Å². The number of rotatable bonds is 2. The van der Waals surface area contributed by atoms with E-state index in [1.807, 2.05) is 6.07 Å². The Morgan fingerprint density at radius 2 is 2.15 bits per heavy atom. The van der Waals surface area contributed by atoms with E-state index >= 15 is 0 Å². The second-order valence-electron chi connectivity index (χ2n) is 4.33. The van der Waals surface area contributed by atoms with Crippen molar-refractivity contribution < 1.29 is 18.7 Å². The molecule has 0 aliphatic carbocycles. The highest BCUT2D eigenvalue weighted by molar-refractivity contribution is 5.92. The van der Waals surface area contributed by atoms with Crippen LogP contribution in [0.1, 0.15) is 24.4 Å². The highest BCUT2D eigenvalue weighted by Crippen LogP contribution is 2.39. The summed E-state index contributed by atoms with van der Waals surface area (Å²) in [5.74, 6) is 0.0927. The summed E-state index contributed by atoms with van der Waals surface area (Å²) in [5.41, 5.74) is 6.07. The van der Waals surface area contributed by atoms with Gasteiger partial charge in [-0.1, -0.05) is 0 Å². The minimum Gasteiger partial charge on any atom is -0.466 e. The highest BCUT2D eigenvalue weighted by Gasteiger charge is 2.37. The maximum atomic E-state index is 12.0. The smallest absolute Gasteiger partial charge is 0.338 e. The molecule has 0 saturated heterocycles. The maximum absolute atomic E-state index is 12.0. The number of carbonyl (C=O) groups is 1. The van der Waals surface area contributed by atoms with Crippen LogP contribution in [0, 0.1) is 18.3 Å². The average Bonchev–Trinajstić information content (AvgIpc) is 2.83. The summed E-state index contributed by atoms with van der Waals surface area (Å²) in [4.78, 5) is 12.0. The molecule has 1 aliphatic heterocycles. The summed E-state index contributed by atoms with van der Waals surface area (Å²) < 4.78 is 15.5. The minimum absolute atomic E-state index is 0.0308. The largest absolute Gasteiger partial charge is 0.466 e. The lowest BCUT2D eigenvalue weighted by atomic mass is 9.87. The Hall–Kier alpha value is -2.68. The lowest BCUT2D eigenvalue weighted by Gasteiger charge is -2.24. The van der Waals surface area contributed by atoms with E-state index in [2.05, 4.69) is 0 Å². The Bertz CT molecular complexity index is 661. The molecule has 0 fully saturated rings. The van der Waals surface area contributed by atoms with Gasteiger partial charge < -0.3 is 19.6 Å². The van der Waals surface area contributed by atoms with Crippen molar-refractivity contribution in [3.05, 3.63) is 46.4 Å². The first-order valence-electron chi connectivity index (χ1n) is 5.92. The third-order valence-electron chi connectivity index (χ3n) is 3.06. The van der Waals surface area contributed by atoms with Gasteiger partial charge in [0.25, 0.3) is 0 Å². The van der Waals surface area contributed by atoms with Gasteiger partial charge in [0.05, 0.1) is 18.6 Å². The standard InChI is InChI=1S/C14H14N2O4/c1-7-4-5-10(19-7)12-9(6-15)13(16)20-8(2)11(12)14(17)18-3/h4-5,12H,16H2,1-3H3. The molecule has 1 unspecified atom stereocenters. The number of hydrogen-bond donors (Lipinski definition) is 1. The van der Waals surface area contributed by atoms with Crippen LogP contribution in [0.5, 0.6) is 0 Å². The zero-order valence-electron chi connectivity index (χ0n) is 11.4. The SMILES string of the molecule is COC(=O)C1=C(C)OC(N)=C(C#N)C1c1ccc(C)o1. The van der Waals surface area contributed by atoms with Gasteiger partial charge in [0.2, 0.25) is 5.88 Å². The molecule has 0 amide bonds. The molecule has 0 bridgehead atoms.